The van der Waals surface area contributed by atoms with Gasteiger partial charge in [0.2, 0.25) is 5.91 Å². The van der Waals surface area contributed by atoms with Crippen LogP contribution in [0.1, 0.15) is 11.1 Å². The molecule has 0 aromatic heterocycles. The third-order valence-electron chi connectivity index (χ3n) is 3.14. The van der Waals surface area contributed by atoms with Crippen molar-refractivity contribution in [2.75, 3.05) is 33.7 Å². The van der Waals surface area contributed by atoms with Gasteiger partial charge in [-0.25, -0.2) is 4.39 Å². The zero-order chi connectivity index (χ0) is 16.0. The second-order valence-electron chi connectivity index (χ2n) is 5.26. The Hall–Kier alpha value is -1.95. The largest absolute Gasteiger partial charge is 0.480 e. The van der Waals surface area contributed by atoms with E-state index in [1.807, 2.05) is 19.0 Å². The average Bonchev–Trinajstić information content (AvgIpc) is 2.37. The fourth-order valence-corrected chi connectivity index (χ4v) is 1.91. The summed E-state index contributed by atoms with van der Waals surface area (Å²) in [4.78, 5) is 26.3. The highest BCUT2D eigenvalue weighted by Gasteiger charge is 2.18. The lowest BCUT2D eigenvalue weighted by atomic mass is 10.0. The van der Waals surface area contributed by atoms with Crippen LogP contribution in [-0.4, -0.2) is 60.5 Å². The van der Waals surface area contributed by atoms with Gasteiger partial charge in [0, 0.05) is 13.1 Å². The minimum atomic E-state index is -1.04. The highest BCUT2D eigenvalue weighted by molar-refractivity contribution is 5.83. The van der Waals surface area contributed by atoms with Crippen LogP contribution in [0.2, 0.25) is 0 Å². The Bertz CT molecular complexity index is 518. The molecule has 6 heteroatoms. The third kappa shape index (κ3) is 5.91. The van der Waals surface area contributed by atoms with Gasteiger partial charge >= 0.3 is 5.97 Å². The maximum Gasteiger partial charge on any atom is 0.323 e. The molecule has 1 rings (SSSR count). The Morgan fingerprint density at radius 1 is 1.24 bits per heavy atom. The minimum absolute atomic E-state index is 0.0762. The molecular weight excluding hydrogens is 275 g/mol. The molecule has 1 N–H and O–H groups in total. The lowest BCUT2D eigenvalue weighted by Crippen LogP contribution is -2.40. The van der Waals surface area contributed by atoms with E-state index in [0.717, 1.165) is 0 Å². The van der Waals surface area contributed by atoms with Crippen LogP contribution in [0.5, 0.6) is 0 Å². The van der Waals surface area contributed by atoms with Crippen molar-refractivity contribution in [3.63, 3.8) is 0 Å². The molecule has 0 aliphatic rings. The second kappa shape index (κ2) is 7.73. The Labute approximate surface area is 124 Å². The number of rotatable bonds is 7. The number of hydrogen-bond acceptors (Lipinski definition) is 3. The molecule has 0 aliphatic carbocycles. The first-order valence-electron chi connectivity index (χ1n) is 6.69. The van der Waals surface area contributed by atoms with Gasteiger partial charge in [-0.1, -0.05) is 6.07 Å². The number of carboxylic acids is 1. The van der Waals surface area contributed by atoms with Crippen molar-refractivity contribution in [1.29, 1.82) is 0 Å². The standard InChI is InChI=1S/C15H21FN2O3/c1-11-8-13(16)5-4-12(11)9-14(19)18(10-15(20)21)7-6-17(2)3/h4-5,8H,6-7,9-10H2,1-3H3,(H,20,21). The molecule has 0 fully saturated rings. The number of carboxylic acid groups (broad SMARTS) is 1. The van der Waals surface area contributed by atoms with Crippen molar-refractivity contribution in [1.82, 2.24) is 9.80 Å². The van der Waals surface area contributed by atoms with Crippen LogP contribution in [0.3, 0.4) is 0 Å². The summed E-state index contributed by atoms with van der Waals surface area (Å²) in [6.07, 6.45) is 0.0762. The highest BCUT2D eigenvalue weighted by Crippen LogP contribution is 2.12. The predicted molar refractivity (Wildman–Crippen MR) is 77.6 cm³/mol. The lowest BCUT2D eigenvalue weighted by molar-refractivity contribution is -0.144. The Morgan fingerprint density at radius 3 is 2.43 bits per heavy atom. The first-order chi connectivity index (χ1) is 9.79. The molecule has 1 aromatic rings. The Balaban J connectivity index is 2.77. The van der Waals surface area contributed by atoms with Crippen molar-refractivity contribution in [2.24, 2.45) is 0 Å². The van der Waals surface area contributed by atoms with E-state index in [-0.39, 0.29) is 24.7 Å². The van der Waals surface area contributed by atoms with Crippen LogP contribution in [0.4, 0.5) is 4.39 Å². The summed E-state index contributed by atoms with van der Waals surface area (Å²) < 4.78 is 13.0. The molecule has 0 unspecified atom stereocenters. The maximum atomic E-state index is 13.0. The van der Waals surface area contributed by atoms with Crippen LogP contribution in [0.15, 0.2) is 18.2 Å². The fourth-order valence-electron chi connectivity index (χ4n) is 1.91. The van der Waals surface area contributed by atoms with Crippen LogP contribution < -0.4 is 0 Å². The van der Waals surface area contributed by atoms with Gasteiger partial charge in [-0.15, -0.1) is 0 Å². The summed E-state index contributed by atoms with van der Waals surface area (Å²) in [6, 6.07) is 4.23. The summed E-state index contributed by atoms with van der Waals surface area (Å²) in [5, 5.41) is 8.90. The molecule has 1 amide bonds. The van der Waals surface area contributed by atoms with Crippen molar-refractivity contribution in [3.05, 3.63) is 35.1 Å². The fraction of sp³-hybridized carbons (Fsp3) is 0.467. The first kappa shape index (κ1) is 17.1. The van der Waals surface area contributed by atoms with E-state index < -0.39 is 5.97 Å². The number of halogens is 1. The quantitative estimate of drug-likeness (QED) is 0.820. The number of benzene rings is 1. The van der Waals surface area contributed by atoms with Crippen LogP contribution in [0.25, 0.3) is 0 Å². The number of likely N-dealkylation sites (N-methyl/N-ethyl adjacent to an activating group) is 1. The van der Waals surface area contributed by atoms with E-state index >= 15 is 0 Å². The molecule has 1 aromatic carbocycles. The molecule has 0 atom stereocenters. The van der Waals surface area contributed by atoms with Gasteiger partial charge in [-0.05, 0) is 44.3 Å². The van der Waals surface area contributed by atoms with Gasteiger partial charge in [-0.3, -0.25) is 9.59 Å². The SMILES string of the molecule is Cc1cc(F)ccc1CC(=O)N(CCN(C)C)CC(=O)O. The van der Waals surface area contributed by atoms with E-state index in [0.29, 0.717) is 24.2 Å². The molecule has 0 aliphatic heterocycles. The number of nitrogens with zero attached hydrogens (tertiary/aromatic N) is 2. The number of amides is 1. The van der Waals surface area contributed by atoms with Gasteiger partial charge in [0.1, 0.15) is 12.4 Å². The van der Waals surface area contributed by atoms with Crippen LogP contribution in [-0.2, 0) is 16.0 Å². The zero-order valence-electron chi connectivity index (χ0n) is 12.6. The van der Waals surface area contributed by atoms with Crippen LogP contribution in [0, 0.1) is 12.7 Å². The van der Waals surface area contributed by atoms with Gasteiger partial charge in [0.05, 0.1) is 6.42 Å². The molecule has 0 heterocycles. The molecule has 0 radical (unpaired) electrons. The second-order valence-corrected chi connectivity index (χ2v) is 5.26. The molecule has 0 spiro atoms. The molecule has 0 saturated heterocycles. The summed E-state index contributed by atoms with van der Waals surface area (Å²) in [5.41, 5.74) is 1.40. The monoisotopic (exact) mass is 296 g/mol. The third-order valence-corrected chi connectivity index (χ3v) is 3.14. The average molecular weight is 296 g/mol. The topological polar surface area (TPSA) is 60.9 Å². The minimum Gasteiger partial charge on any atom is -0.480 e. The highest BCUT2D eigenvalue weighted by atomic mass is 19.1. The van der Waals surface area contributed by atoms with Crippen molar-refractivity contribution in [3.8, 4) is 0 Å². The number of hydrogen-bond donors (Lipinski definition) is 1. The summed E-state index contributed by atoms with van der Waals surface area (Å²) in [5.74, 6) is -1.66. The summed E-state index contributed by atoms with van der Waals surface area (Å²) in [7, 11) is 3.71. The number of aliphatic carboxylic acids is 1. The van der Waals surface area contributed by atoms with E-state index in [2.05, 4.69) is 0 Å². The van der Waals surface area contributed by atoms with E-state index in [4.69, 9.17) is 5.11 Å². The van der Waals surface area contributed by atoms with Gasteiger partial charge in [0.15, 0.2) is 0 Å². The van der Waals surface area contributed by atoms with Crippen molar-refractivity contribution in [2.45, 2.75) is 13.3 Å². The smallest absolute Gasteiger partial charge is 0.323 e. The van der Waals surface area contributed by atoms with Crippen LogP contribution >= 0.6 is 0 Å². The van der Waals surface area contributed by atoms with Gasteiger partial charge in [0.25, 0.3) is 0 Å². The molecule has 5 nitrogen and oxygen atoms in total. The summed E-state index contributed by atoms with van der Waals surface area (Å²) >= 11 is 0. The molecule has 0 bridgehead atoms. The van der Waals surface area contributed by atoms with Gasteiger partial charge in [-0.2, -0.15) is 0 Å². The van der Waals surface area contributed by atoms with Crippen molar-refractivity contribution < 1.29 is 19.1 Å². The zero-order valence-corrected chi connectivity index (χ0v) is 12.6. The first-order valence-corrected chi connectivity index (χ1v) is 6.69. The molecule has 116 valence electrons. The number of carbonyl (C=O) groups is 2. The van der Waals surface area contributed by atoms with E-state index in [1.165, 1.54) is 17.0 Å². The Morgan fingerprint density at radius 2 is 1.90 bits per heavy atom. The normalized spacial score (nSPS) is 10.7. The molecule has 0 saturated carbocycles. The summed E-state index contributed by atoms with van der Waals surface area (Å²) in [6.45, 7) is 2.33. The number of carbonyl (C=O) groups excluding carboxylic acids is 1. The Kier molecular flexibility index (Phi) is 6.30. The van der Waals surface area contributed by atoms with E-state index in [1.54, 1.807) is 13.0 Å². The molecule has 21 heavy (non-hydrogen) atoms. The van der Waals surface area contributed by atoms with Crippen molar-refractivity contribution >= 4 is 11.9 Å². The van der Waals surface area contributed by atoms with Gasteiger partial charge < -0.3 is 14.9 Å². The maximum absolute atomic E-state index is 13.0. The molecular formula is C15H21FN2O3. The van der Waals surface area contributed by atoms with E-state index in [9.17, 15) is 14.0 Å². The lowest BCUT2D eigenvalue weighted by Gasteiger charge is -2.23. The predicted octanol–water partition coefficient (Wildman–Crippen LogP) is 1.15. The number of aryl methyl sites for hydroxylation is 1.